The van der Waals surface area contributed by atoms with Crippen LogP contribution < -0.4 is 5.32 Å². The fraction of sp³-hybridized carbons (Fsp3) is 0.0833. The Morgan fingerprint density at radius 1 is 1.33 bits per heavy atom. The first-order chi connectivity index (χ1) is 8.47. The summed E-state index contributed by atoms with van der Waals surface area (Å²) < 4.78 is 19.1. The highest BCUT2D eigenvalue weighted by Gasteiger charge is 2.13. The van der Waals surface area contributed by atoms with E-state index in [9.17, 15) is 9.18 Å². The standard InChI is InChI=1S/C12H8Br2FNO2/c1-6-4-8(15)7(13)5-9(6)16-12(17)10-2-3-11(14)18-10/h2-5H,1H3,(H,16,17). The third-order valence-corrected chi connectivity index (χ3v) is 3.35. The summed E-state index contributed by atoms with van der Waals surface area (Å²) in [5.74, 6) is -0.574. The van der Waals surface area contributed by atoms with E-state index in [2.05, 4.69) is 37.2 Å². The molecule has 1 N–H and O–H groups in total. The van der Waals surface area contributed by atoms with Crippen molar-refractivity contribution in [1.82, 2.24) is 0 Å². The topological polar surface area (TPSA) is 42.2 Å². The maximum absolute atomic E-state index is 13.2. The molecule has 0 unspecified atom stereocenters. The van der Waals surface area contributed by atoms with E-state index in [1.165, 1.54) is 12.1 Å². The van der Waals surface area contributed by atoms with Gasteiger partial charge < -0.3 is 9.73 Å². The summed E-state index contributed by atoms with van der Waals surface area (Å²) in [6, 6.07) is 6.04. The highest BCUT2D eigenvalue weighted by atomic mass is 79.9. The van der Waals surface area contributed by atoms with Crippen molar-refractivity contribution in [3.63, 3.8) is 0 Å². The molecule has 6 heteroatoms. The molecule has 0 aliphatic carbocycles. The predicted octanol–water partition coefficient (Wildman–Crippen LogP) is 4.50. The molecule has 0 spiro atoms. The second kappa shape index (κ2) is 5.24. The number of anilines is 1. The van der Waals surface area contributed by atoms with Gasteiger partial charge >= 0.3 is 0 Å². The smallest absolute Gasteiger partial charge is 0.291 e. The van der Waals surface area contributed by atoms with E-state index in [0.717, 1.165) is 0 Å². The van der Waals surface area contributed by atoms with Gasteiger partial charge in [0.25, 0.3) is 5.91 Å². The fourth-order valence-corrected chi connectivity index (χ4v) is 2.05. The average molecular weight is 377 g/mol. The number of hydrogen-bond acceptors (Lipinski definition) is 2. The van der Waals surface area contributed by atoms with E-state index in [1.54, 1.807) is 19.1 Å². The zero-order chi connectivity index (χ0) is 13.3. The molecule has 0 saturated carbocycles. The first-order valence-electron chi connectivity index (χ1n) is 4.99. The van der Waals surface area contributed by atoms with Crippen LogP contribution in [0.25, 0.3) is 0 Å². The number of furan rings is 1. The summed E-state index contributed by atoms with van der Waals surface area (Å²) in [5.41, 5.74) is 1.16. The van der Waals surface area contributed by atoms with E-state index in [0.29, 0.717) is 20.4 Å². The minimum atomic E-state index is -0.387. The lowest BCUT2D eigenvalue weighted by Crippen LogP contribution is -2.12. The SMILES string of the molecule is Cc1cc(F)c(Br)cc1NC(=O)c1ccc(Br)o1. The van der Waals surface area contributed by atoms with Crippen molar-refractivity contribution in [1.29, 1.82) is 0 Å². The maximum Gasteiger partial charge on any atom is 0.291 e. The van der Waals surface area contributed by atoms with Crippen LogP contribution in [-0.2, 0) is 0 Å². The molecule has 0 saturated heterocycles. The van der Waals surface area contributed by atoms with E-state index >= 15 is 0 Å². The molecular weight excluding hydrogens is 369 g/mol. The second-order valence-electron chi connectivity index (χ2n) is 3.64. The van der Waals surface area contributed by atoms with Gasteiger partial charge in [-0.05, 0) is 68.6 Å². The highest BCUT2D eigenvalue weighted by molar-refractivity contribution is 9.10. The van der Waals surface area contributed by atoms with E-state index in [1.807, 2.05) is 0 Å². The molecule has 0 aliphatic rings. The number of amides is 1. The molecule has 3 nitrogen and oxygen atoms in total. The molecule has 18 heavy (non-hydrogen) atoms. The van der Waals surface area contributed by atoms with Crippen molar-refractivity contribution < 1.29 is 13.6 Å². The number of benzene rings is 1. The number of rotatable bonds is 2. The Morgan fingerprint density at radius 2 is 2.06 bits per heavy atom. The van der Waals surface area contributed by atoms with Crippen LogP contribution in [-0.4, -0.2) is 5.91 Å². The van der Waals surface area contributed by atoms with E-state index in [-0.39, 0.29) is 17.5 Å². The van der Waals surface area contributed by atoms with Gasteiger partial charge in [-0.3, -0.25) is 4.79 Å². The quantitative estimate of drug-likeness (QED) is 0.838. The number of nitrogens with one attached hydrogen (secondary N) is 1. The Kier molecular flexibility index (Phi) is 3.87. The van der Waals surface area contributed by atoms with Gasteiger partial charge in [0.05, 0.1) is 4.47 Å². The van der Waals surface area contributed by atoms with Crippen molar-refractivity contribution in [2.75, 3.05) is 5.32 Å². The van der Waals surface area contributed by atoms with Crippen LogP contribution in [0.3, 0.4) is 0 Å². The molecule has 0 aliphatic heterocycles. The van der Waals surface area contributed by atoms with Crippen LogP contribution in [0.5, 0.6) is 0 Å². The Bertz CT molecular complexity index is 610. The van der Waals surface area contributed by atoms with Gasteiger partial charge in [0, 0.05) is 5.69 Å². The summed E-state index contributed by atoms with van der Waals surface area (Å²) >= 11 is 6.19. The minimum absolute atomic E-state index is 0.182. The molecular formula is C12H8Br2FNO2. The van der Waals surface area contributed by atoms with Crippen molar-refractivity contribution in [3.8, 4) is 0 Å². The molecule has 0 radical (unpaired) electrons. The second-order valence-corrected chi connectivity index (χ2v) is 5.28. The van der Waals surface area contributed by atoms with Gasteiger partial charge in [-0.1, -0.05) is 0 Å². The molecule has 0 atom stereocenters. The zero-order valence-electron chi connectivity index (χ0n) is 9.26. The first kappa shape index (κ1) is 13.3. The number of carbonyl (C=O) groups is 1. The Balaban J connectivity index is 2.24. The third-order valence-electron chi connectivity index (χ3n) is 2.31. The molecule has 1 heterocycles. The molecule has 2 rings (SSSR count). The summed E-state index contributed by atoms with van der Waals surface area (Å²) in [4.78, 5) is 11.8. The third kappa shape index (κ3) is 2.81. The predicted molar refractivity (Wildman–Crippen MR) is 73.2 cm³/mol. The van der Waals surface area contributed by atoms with Crippen LogP contribution in [0.1, 0.15) is 16.1 Å². The molecule has 94 valence electrons. The van der Waals surface area contributed by atoms with Crippen molar-refractivity contribution in [3.05, 3.63) is 50.5 Å². The Labute approximate surface area is 120 Å². The number of carbonyl (C=O) groups excluding carboxylic acids is 1. The number of hydrogen-bond donors (Lipinski definition) is 1. The van der Waals surface area contributed by atoms with E-state index < -0.39 is 0 Å². The van der Waals surface area contributed by atoms with Gasteiger partial charge in [-0.25, -0.2) is 4.39 Å². The number of aryl methyl sites for hydroxylation is 1. The molecule has 0 fully saturated rings. The van der Waals surface area contributed by atoms with E-state index in [4.69, 9.17) is 4.42 Å². The van der Waals surface area contributed by atoms with Gasteiger partial charge in [-0.15, -0.1) is 0 Å². The summed E-state index contributed by atoms with van der Waals surface area (Å²) in [6.45, 7) is 1.71. The first-order valence-corrected chi connectivity index (χ1v) is 6.58. The fourth-order valence-electron chi connectivity index (χ4n) is 1.40. The Hall–Kier alpha value is -1.14. The van der Waals surface area contributed by atoms with Crippen LogP contribution in [0.2, 0.25) is 0 Å². The van der Waals surface area contributed by atoms with Crippen LogP contribution >= 0.6 is 31.9 Å². The summed E-state index contributed by atoms with van der Waals surface area (Å²) in [5, 5.41) is 2.66. The lowest BCUT2D eigenvalue weighted by Gasteiger charge is -2.08. The lowest BCUT2D eigenvalue weighted by molar-refractivity contribution is 0.0995. The number of halogens is 3. The monoisotopic (exact) mass is 375 g/mol. The average Bonchev–Trinajstić information content (AvgIpc) is 2.73. The summed E-state index contributed by atoms with van der Waals surface area (Å²) in [6.07, 6.45) is 0. The molecule has 2 aromatic rings. The normalized spacial score (nSPS) is 10.4. The minimum Gasteiger partial charge on any atom is -0.444 e. The molecule has 0 bridgehead atoms. The largest absolute Gasteiger partial charge is 0.444 e. The Morgan fingerprint density at radius 3 is 2.67 bits per heavy atom. The van der Waals surface area contributed by atoms with Gasteiger partial charge in [-0.2, -0.15) is 0 Å². The van der Waals surface area contributed by atoms with Crippen LogP contribution in [0.15, 0.2) is 37.8 Å². The van der Waals surface area contributed by atoms with Crippen molar-refractivity contribution in [2.24, 2.45) is 0 Å². The highest BCUT2D eigenvalue weighted by Crippen LogP contribution is 2.25. The van der Waals surface area contributed by atoms with Gasteiger partial charge in [0.1, 0.15) is 5.82 Å². The van der Waals surface area contributed by atoms with Crippen molar-refractivity contribution >= 4 is 43.5 Å². The van der Waals surface area contributed by atoms with Crippen LogP contribution in [0.4, 0.5) is 10.1 Å². The molecule has 1 aromatic heterocycles. The van der Waals surface area contributed by atoms with Crippen LogP contribution in [0, 0.1) is 12.7 Å². The van der Waals surface area contributed by atoms with Gasteiger partial charge in [0.2, 0.25) is 0 Å². The zero-order valence-corrected chi connectivity index (χ0v) is 12.4. The summed E-state index contributed by atoms with van der Waals surface area (Å²) in [7, 11) is 0. The van der Waals surface area contributed by atoms with Crippen molar-refractivity contribution in [2.45, 2.75) is 6.92 Å². The van der Waals surface area contributed by atoms with Gasteiger partial charge in [0.15, 0.2) is 10.4 Å². The molecule has 1 aromatic carbocycles. The molecule has 1 amide bonds. The maximum atomic E-state index is 13.2. The lowest BCUT2D eigenvalue weighted by atomic mass is 10.2.